The highest BCUT2D eigenvalue weighted by Gasteiger charge is 2.28. The van der Waals surface area contributed by atoms with Crippen molar-refractivity contribution in [1.29, 1.82) is 0 Å². The first-order valence-electron chi connectivity index (χ1n) is 3.85. The molecule has 58 valence electrons. The third kappa shape index (κ3) is 1.31. The van der Waals surface area contributed by atoms with Gasteiger partial charge in [-0.2, -0.15) is 0 Å². The zero-order valence-electron chi connectivity index (χ0n) is 6.92. The van der Waals surface area contributed by atoms with Crippen LogP contribution in [0.25, 0.3) is 0 Å². The van der Waals surface area contributed by atoms with Gasteiger partial charge in [0.05, 0.1) is 0 Å². The minimum Gasteiger partial charge on any atom is -0.345 e. The average Bonchev–Trinajstić information content (AvgIpc) is 2.13. The van der Waals surface area contributed by atoms with Crippen LogP contribution in [0.15, 0.2) is 0 Å². The Bertz CT molecular complexity index is 142. The van der Waals surface area contributed by atoms with Crippen molar-refractivity contribution in [2.45, 2.75) is 20.3 Å². The summed E-state index contributed by atoms with van der Waals surface area (Å²) < 4.78 is 0. The Balaban J connectivity index is 2.49. The quantitative estimate of drug-likeness (QED) is 0.536. The van der Waals surface area contributed by atoms with Gasteiger partial charge >= 0.3 is 0 Å². The topological polar surface area (TPSA) is 20.3 Å². The van der Waals surface area contributed by atoms with Crippen molar-refractivity contribution in [2.75, 3.05) is 13.6 Å². The van der Waals surface area contributed by atoms with Crippen molar-refractivity contribution in [3.05, 3.63) is 0 Å². The lowest BCUT2D eigenvalue weighted by molar-refractivity contribution is -0.126. The minimum absolute atomic E-state index is 0.304. The van der Waals surface area contributed by atoms with Gasteiger partial charge < -0.3 is 4.90 Å². The van der Waals surface area contributed by atoms with Gasteiger partial charge in [0, 0.05) is 20.0 Å². The summed E-state index contributed by atoms with van der Waals surface area (Å²) in [5.74, 6) is 1.55. The van der Waals surface area contributed by atoms with Gasteiger partial charge in [-0.3, -0.25) is 4.79 Å². The fraction of sp³-hybridized carbons (Fsp3) is 0.875. The molecular weight excluding hydrogens is 126 g/mol. The van der Waals surface area contributed by atoms with Crippen LogP contribution in [0.1, 0.15) is 20.3 Å². The van der Waals surface area contributed by atoms with E-state index in [0.29, 0.717) is 17.7 Å². The molecule has 1 fully saturated rings. The first-order valence-corrected chi connectivity index (χ1v) is 3.85. The van der Waals surface area contributed by atoms with Crippen molar-refractivity contribution in [3.8, 4) is 0 Å². The number of carbonyl (C=O) groups is 1. The molecule has 1 aliphatic heterocycles. The van der Waals surface area contributed by atoms with E-state index < -0.39 is 0 Å². The third-order valence-electron chi connectivity index (χ3n) is 2.31. The Labute approximate surface area is 62.2 Å². The molecule has 2 heteroatoms. The summed E-state index contributed by atoms with van der Waals surface area (Å²) >= 11 is 0. The van der Waals surface area contributed by atoms with Gasteiger partial charge in [0.2, 0.25) is 5.91 Å². The summed E-state index contributed by atoms with van der Waals surface area (Å²) in [6.45, 7) is 5.31. The van der Waals surface area contributed by atoms with E-state index in [1.165, 1.54) is 0 Å². The molecule has 0 unspecified atom stereocenters. The van der Waals surface area contributed by atoms with E-state index in [2.05, 4.69) is 13.8 Å². The number of amides is 1. The van der Waals surface area contributed by atoms with Crippen molar-refractivity contribution < 1.29 is 4.79 Å². The summed E-state index contributed by atoms with van der Waals surface area (Å²) in [5.41, 5.74) is 0. The molecule has 0 N–H and O–H groups in total. The highest BCUT2D eigenvalue weighted by Crippen LogP contribution is 2.22. The fourth-order valence-electron chi connectivity index (χ4n) is 1.34. The molecule has 1 heterocycles. The molecule has 0 spiro atoms. The summed E-state index contributed by atoms with van der Waals surface area (Å²) in [5, 5.41) is 0. The van der Waals surface area contributed by atoms with Crippen LogP contribution in [0, 0.1) is 11.8 Å². The van der Waals surface area contributed by atoms with Crippen molar-refractivity contribution in [2.24, 2.45) is 11.8 Å². The predicted molar refractivity (Wildman–Crippen MR) is 40.6 cm³/mol. The van der Waals surface area contributed by atoms with Gasteiger partial charge in [-0.1, -0.05) is 13.8 Å². The van der Waals surface area contributed by atoms with Crippen LogP contribution in [-0.4, -0.2) is 24.4 Å². The number of nitrogens with zero attached hydrogens (tertiary/aromatic N) is 1. The molecule has 1 aliphatic rings. The van der Waals surface area contributed by atoms with Gasteiger partial charge in [0.15, 0.2) is 0 Å². The van der Waals surface area contributed by atoms with E-state index in [9.17, 15) is 4.79 Å². The van der Waals surface area contributed by atoms with Crippen LogP contribution in [-0.2, 0) is 4.79 Å². The van der Waals surface area contributed by atoms with E-state index in [0.717, 1.165) is 13.0 Å². The SMILES string of the molecule is CC(C)[C@@H]1CC(=O)N(C)C1. The monoisotopic (exact) mass is 141 g/mol. The highest BCUT2D eigenvalue weighted by atomic mass is 16.2. The molecule has 1 amide bonds. The lowest BCUT2D eigenvalue weighted by Gasteiger charge is -2.12. The molecule has 1 atom stereocenters. The molecular formula is C8H15NO. The van der Waals surface area contributed by atoms with Crippen LogP contribution in [0.2, 0.25) is 0 Å². The lowest BCUT2D eigenvalue weighted by atomic mass is 9.95. The van der Waals surface area contributed by atoms with Crippen molar-refractivity contribution in [3.63, 3.8) is 0 Å². The van der Waals surface area contributed by atoms with Crippen LogP contribution < -0.4 is 0 Å². The van der Waals surface area contributed by atoms with Crippen LogP contribution in [0.4, 0.5) is 0 Å². The molecule has 1 saturated heterocycles. The summed E-state index contributed by atoms with van der Waals surface area (Å²) in [6, 6.07) is 0. The number of rotatable bonds is 1. The molecule has 0 aromatic heterocycles. The molecule has 0 bridgehead atoms. The Morgan fingerprint density at radius 2 is 2.20 bits per heavy atom. The zero-order valence-corrected chi connectivity index (χ0v) is 6.92. The molecule has 10 heavy (non-hydrogen) atoms. The Hall–Kier alpha value is -0.530. The van der Waals surface area contributed by atoms with E-state index in [1.807, 2.05) is 11.9 Å². The third-order valence-corrected chi connectivity index (χ3v) is 2.31. The maximum absolute atomic E-state index is 11.0. The van der Waals surface area contributed by atoms with E-state index in [4.69, 9.17) is 0 Å². The van der Waals surface area contributed by atoms with Gasteiger partial charge in [-0.25, -0.2) is 0 Å². The number of hydrogen-bond donors (Lipinski definition) is 0. The van der Waals surface area contributed by atoms with Gasteiger partial charge in [0.1, 0.15) is 0 Å². The largest absolute Gasteiger partial charge is 0.345 e. The maximum atomic E-state index is 11.0. The molecule has 0 radical (unpaired) electrons. The Morgan fingerprint density at radius 3 is 2.40 bits per heavy atom. The van der Waals surface area contributed by atoms with Crippen LogP contribution in [0.3, 0.4) is 0 Å². The molecule has 1 rings (SSSR count). The number of likely N-dealkylation sites (tertiary alicyclic amines) is 1. The first-order chi connectivity index (χ1) is 4.61. The second-order valence-corrected chi connectivity index (χ2v) is 3.48. The fourth-order valence-corrected chi connectivity index (χ4v) is 1.34. The lowest BCUT2D eigenvalue weighted by Crippen LogP contribution is -2.19. The second kappa shape index (κ2) is 2.60. The summed E-state index contributed by atoms with van der Waals surface area (Å²) in [6.07, 6.45) is 0.758. The summed E-state index contributed by atoms with van der Waals surface area (Å²) in [4.78, 5) is 12.8. The van der Waals surface area contributed by atoms with E-state index in [1.54, 1.807) is 0 Å². The van der Waals surface area contributed by atoms with Crippen LogP contribution in [0.5, 0.6) is 0 Å². The number of carbonyl (C=O) groups excluding carboxylic acids is 1. The maximum Gasteiger partial charge on any atom is 0.222 e. The van der Waals surface area contributed by atoms with Crippen LogP contribution >= 0.6 is 0 Å². The summed E-state index contributed by atoms with van der Waals surface area (Å²) in [7, 11) is 1.88. The zero-order chi connectivity index (χ0) is 7.72. The average molecular weight is 141 g/mol. The van der Waals surface area contributed by atoms with Gasteiger partial charge in [-0.05, 0) is 11.8 Å². The normalized spacial score (nSPS) is 26.6. The molecule has 0 aromatic rings. The number of hydrogen-bond acceptors (Lipinski definition) is 1. The predicted octanol–water partition coefficient (Wildman–Crippen LogP) is 1.12. The highest BCUT2D eigenvalue weighted by molar-refractivity contribution is 5.78. The van der Waals surface area contributed by atoms with E-state index >= 15 is 0 Å². The van der Waals surface area contributed by atoms with Gasteiger partial charge in [-0.15, -0.1) is 0 Å². The Morgan fingerprint density at radius 1 is 1.60 bits per heavy atom. The minimum atomic E-state index is 0.304. The van der Waals surface area contributed by atoms with E-state index in [-0.39, 0.29) is 0 Å². The second-order valence-electron chi connectivity index (χ2n) is 3.48. The standard InChI is InChI=1S/C8H15NO/c1-6(2)7-4-8(10)9(3)5-7/h6-7H,4-5H2,1-3H3/t7-/m1/s1. The molecule has 0 aliphatic carbocycles. The smallest absolute Gasteiger partial charge is 0.222 e. The Kier molecular flexibility index (Phi) is 1.97. The molecule has 0 aromatic carbocycles. The first kappa shape index (κ1) is 7.58. The van der Waals surface area contributed by atoms with Gasteiger partial charge in [0.25, 0.3) is 0 Å². The molecule has 0 saturated carbocycles. The van der Waals surface area contributed by atoms with Crippen molar-refractivity contribution >= 4 is 5.91 Å². The molecule has 2 nitrogen and oxygen atoms in total. The van der Waals surface area contributed by atoms with Crippen molar-refractivity contribution in [1.82, 2.24) is 4.90 Å².